The van der Waals surface area contributed by atoms with Gasteiger partial charge < -0.3 is 4.74 Å². The van der Waals surface area contributed by atoms with Crippen LogP contribution in [0.5, 0.6) is 0 Å². The van der Waals surface area contributed by atoms with Gasteiger partial charge in [0.15, 0.2) is 5.65 Å². The molecule has 1 atom stereocenters. The maximum Gasteiger partial charge on any atom is 0.169 e. The molecule has 0 spiro atoms. The van der Waals surface area contributed by atoms with Gasteiger partial charge in [-0.3, -0.25) is 4.40 Å². The number of ether oxygens (including phenoxy) is 1. The van der Waals surface area contributed by atoms with Crippen molar-refractivity contribution in [1.29, 1.82) is 0 Å². The van der Waals surface area contributed by atoms with Crippen LogP contribution >= 0.6 is 0 Å². The summed E-state index contributed by atoms with van der Waals surface area (Å²) < 4.78 is 7.77. The van der Waals surface area contributed by atoms with E-state index in [0.717, 1.165) is 36.5 Å². The molecule has 1 aliphatic rings. The zero-order chi connectivity index (χ0) is 14.5. The van der Waals surface area contributed by atoms with Gasteiger partial charge in [-0.25, -0.2) is 0 Å². The molecule has 5 rings (SSSR count). The summed E-state index contributed by atoms with van der Waals surface area (Å²) in [6, 6.07) is 16.9. The van der Waals surface area contributed by atoms with E-state index in [2.05, 4.69) is 63.1 Å². The minimum atomic E-state index is 0.333. The third kappa shape index (κ3) is 1.56. The maximum absolute atomic E-state index is 5.55. The quantitative estimate of drug-likeness (QED) is 0.503. The van der Waals surface area contributed by atoms with E-state index in [1.807, 2.05) is 0 Å². The Bertz CT molecular complexity index is 999. The number of pyridine rings is 1. The first-order valence-electron chi connectivity index (χ1n) is 7.66. The fourth-order valence-electron chi connectivity index (χ4n) is 3.52. The van der Waals surface area contributed by atoms with Crippen LogP contribution in [0.4, 0.5) is 0 Å². The summed E-state index contributed by atoms with van der Waals surface area (Å²) in [4.78, 5) is 0. The smallest absolute Gasteiger partial charge is 0.169 e. The van der Waals surface area contributed by atoms with Gasteiger partial charge >= 0.3 is 0 Å². The molecule has 0 unspecified atom stereocenters. The number of nitrogens with zero attached hydrogens (tertiary/aromatic N) is 3. The van der Waals surface area contributed by atoms with Crippen molar-refractivity contribution in [2.75, 3.05) is 13.2 Å². The number of aromatic nitrogens is 3. The average molecular weight is 289 g/mol. The lowest BCUT2D eigenvalue weighted by molar-refractivity contribution is 0.193. The largest absolute Gasteiger partial charge is 0.381 e. The normalized spacial score (nSPS) is 18.6. The minimum absolute atomic E-state index is 0.333. The molecule has 0 N–H and O–H groups in total. The van der Waals surface area contributed by atoms with E-state index in [9.17, 15) is 0 Å². The molecule has 1 aliphatic heterocycles. The van der Waals surface area contributed by atoms with E-state index in [1.165, 1.54) is 16.3 Å². The molecule has 0 amide bonds. The Hall–Kier alpha value is -2.46. The van der Waals surface area contributed by atoms with Gasteiger partial charge in [-0.15, -0.1) is 10.2 Å². The first-order chi connectivity index (χ1) is 10.9. The van der Waals surface area contributed by atoms with Crippen LogP contribution in [-0.2, 0) is 4.74 Å². The molecule has 0 aliphatic carbocycles. The molecule has 0 radical (unpaired) electrons. The second-order valence-corrected chi connectivity index (χ2v) is 5.84. The van der Waals surface area contributed by atoms with Crippen LogP contribution in [0.1, 0.15) is 18.2 Å². The standard InChI is InChI=1S/C18H15N3O/c1-2-7-15-13(5-1)14-6-3-4-8-16(14)21-17(19-20-18(15)21)12-9-10-22-11-12/h1-8,12H,9-11H2/t12-/m1/s1. The van der Waals surface area contributed by atoms with E-state index in [1.54, 1.807) is 0 Å². The molecular formula is C18H15N3O. The topological polar surface area (TPSA) is 39.4 Å². The van der Waals surface area contributed by atoms with Crippen molar-refractivity contribution in [3.05, 3.63) is 54.4 Å². The lowest BCUT2D eigenvalue weighted by atomic mass is 10.0. The molecule has 3 heterocycles. The Labute approximate surface area is 127 Å². The Morgan fingerprint density at radius 1 is 0.909 bits per heavy atom. The third-order valence-corrected chi connectivity index (χ3v) is 4.59. The number of rotatable bonds is 1. The van der Waals surface area contributed by atoms with Gasteiger partial charge in [-0.1, -0.05) is 42.5 Å². The maximum atomic E-state index is 5.55. The van der Waals surface area contributed by atoms with E-state index < -0.39 is 0 Å². The highest BCUT2D eigenvalue weighted by molar-refractivity contribution is 6.11. The van der Waals surface area contributed by atoms with Crippen LogP contribution in [0.2, 0.25) is 0 Å². The molecule has 4 heteroatoms. The summed E-state index contributed by atoms with van der Waals surface area (Å²) in [5, 5.41) is 12.6. The number of benzene rings is 2. The fraction of sp³-hybridized carbons (Fsp3) is 0.222. The minimum Gasteiger partial charge on any atom is -0.381 e. The molecule has 1 saturated heterocycles. The van der Waals surface area contributed by atoms with E-state index in [4.69, 9.17) is 4.74 Å². The molecule has 108 valence electrons. The molecule has 1 fully saturated rings. The molecule has 2 aromatic carbocycles. The zero-order valence-electron chi connectivity index (χ0n) is 12.1. The van der Waals surface area contributed by atoms with Crippen LogP contribution < -0.4 is 0 Å². The van der Waals surface area contributed by atoms with Crippen LogP contribution in [0, 0.1) is 0 Å². The van der Waals surface area contributed by atoms with Crippen molar-refractivity contribution in [2.45, 2.75) is 12.3 Å². The summed E-state index contributed by atoms with van der Waals surface area (Å²) in [5.74, 6) is 1.36. The highest BCUT2D eigenvalue weighted by atomic mass is 16.5. The second-order valence-electron chi connectivity index (χ2n) is 5.84. The summed E-state index contributed by atoms with van der Waals surface area (Å²) in [6.07, 6.45) is 1.02. The Balaban J connectivity index is 2.00. The highest BCUT2D eigenvalue weighted by Gasteiger charge is 2.24. The lowest BCUT2D eigenvalue weighted by Gasteiger charge is -2.11. The number of fused-ring (bicyclic) bond motifs is 6. The van der Waals surface area contributed by atoms with Crippen LogP contribution in [0.15, 0.2) is 48.5 Å². The van der Waals surface area contributed by atoms with Crippen molar-refractivity contribution in [1.82, 2.24) is 14.6 Å². The van der Waals surface area contributed by atoms with Crippen LogP contribution in [0.3, 0.4) is 0 Å². The van der Waals surface area contributed by atoms with Crippen molar-refractivity contribution in [3.8, 4) is 0 Å². The predicted octanol–water partition coefficient (Wildman–Crippen LogP) is 3.54. The van der Waals surface area contributed by atoms with Crippen molar-refractivity contribution in [2.24, 2.45) is 0 Å². The van der Waals surface area contributed by atoms with Crippen molar-refractivity contribution >= 4 is 27.3 Å². The average Bonchev–Trinajstić information content (AvgIpc) is 3.24. The molecule has 0 saturated carbocycles. The van der Waals surface area contributed by atoms with Crippen LogP contribution in [-0.4, -0.2) is 27.8 Å². The van der Waals surface area contributed by atoms with E-state index in [0.29, 0.717) is 5.92 Å². The van der Waals surface area contributed by atoms with Gasteiger partial charge in [-0.2, -0.15) is 0 Å². The Morgan fingerprint density at radius 3 is 2.50 bits per heavy atom. The predicted molar refractivity (Wildman–Crippen MR) is 86.2 cm³/mol. The van der Waals surface area contributed by atoms with Gasteiger partial charge in [0.1, 0.15) is 5.82 Å². The summed E-state index contributed by atoms with van der Waals surface area (Å²) >= 11 is 0. The summed E-state index contributed by atoms with van der Waals surface area (Å²) in [6.45, 7) is 1.55. The number of hydrogen-bond donors (Lipinski definition) is 0. The monoisotopic (exact) mass is 289 g/mol. The van der Waals surface area contributed by atoms with E-state index >= 15 is 0 Å². The summed E-state index contributed by atoms with van der Waals surface area (Å²) in [5.41, 5.74) is 2.11. The molecular weight excluding hydrogens is 274 g/mol. The summed E-state index contributed by atoms with van der Waals surface area (Å²) in [7, 11) is 0. The lowest BCUT2D eigenvalue weighted by Crippen LogP contribution is -2.05. The van der Waals surface area contributed by atoms with Crippen molar-refractivity contribution in [3.63, 3.8) is 0 Å². The number of para-hydroxylation sites is 1. The first-order valence-corrected chi connectivity index (χ1v) is 7.66. The SMILES string of the molecule is c1ccc2c(c1)c1ccccc1n1c([C@@H]3CCOC3)nnc21. The molecule has 2 aromatic heterocycles. The fourth-order valence-corrected chi connectivity index (χ4v) is 3.52. The third-order valence-electron chi connectivity index (χ3n) is 4.59. The van der Waals surface area contributed by atoms with Crippen molar-refractivity contribution < 1.29 is 4.74 Å². The Kier molecular flexibility index (Phi) is 2.49. The van der Waals surface area contributed by atoms with Gasteiger partial charge in [0.2, 0.25) is 0 Å². The van der Waals surface area contributed by atoms with E-state index in [-0.39, 0.29) is 0 Å². The molecule has 4 nitrogen and oxygen atoms in total. The van der Waals surface area contributed by atoms with Crippen LogP contribution in [0.25, 0.3) is 27.3 Å². The second kappa shape index (κ2) is 4.52. The zero-order valence-corrected chi connectivity index (χ0v) is 12.1. The highest BCUT2D eigenvalue weighted by Crippen LogP contribution is 2.32. The van der Waals surface area contributed by atoms with Gasteiger partial charge in [-0.05, 0) is 17.9 Å². The first kappa shape index (κ1) is 12.1. The van der Waals surface area contributed by atoms with Gasteiger partial charge in [0.05, 0.1) is 12.1 Å². The molecule has 22 heavy (non-hydrogen) atoms. The van der Waals surface area contributed by atoms with Gasteiger partial charge in [0.25, 0.3) is 0 Å². The number of hydrogen-bond acceptors (Lipinski definition) is 3. The Morgan fingerprint density at radius 2 is 1.68 bits per heavy atom. The molecule has 4 aromatic rings. The van der Waals surface area contributed by atoms with Gasteiger partial charge in [0, 0.05) is 23.3 Å². The molecule has 0 bridgehead atoms.